The van der Waals surface area contributed by atoms with Crippen LogP contribution >= 0.6 is 0 Å². The molecular weight excluding hydrogens is 448 g/mol. The quantitative estimate of drug-likeness (QED) is 0.390. The molecule has 4 rings (SSSR count). The van der Waals surface area contributed by atoms with Crippen molar-refractivity contribution >= 4 is 23.9 Å². The highest BCUT2D eigenvalue weighted by Gasteiger charge is 2.78. The maximum Gasteiger partial charge on any atom is 0.343 e. The van der Waals surface area contributed by atoms with Gasteiger partial charge in [0.1, 0.15) is 17.6 Å². The van der Waals surface area contributed by atoms with E-state index in [1.54, 1.807) is 19.1 Å². The number of furan rings is 1. The van der Waals surface area contributed by atoms with E-state index in [1.807, 2.05) is 0 Å². The van der Waals surface area contributed by atoms with Crippen LogP contribution in [-0.4, -0.2) is 54.9 Å². The molecule has 1 spiro atoms. The van der Waals surface area contributed by atoms with Crippen LogP contribution in [-0.2, 0) is 38.1 Å². The molecule has 10 heteroatoms. The van der Waals surface area contributed by atoms with Crippen LogP contribution in [0, 0.1) is 16.7 Å². The average Bonchev–Trinajstić information content (AvgIpc) is 3.46. The van der Waals surface area contributed by atoms with Gasteiger partial charge in [-0.05, 0) is 38.2 Å². The zero-order valence-electron chi connectivity index (χ0n) is 19.5. The molecule has 2 heterocycles. The first-order valence-electron chi connectivity index (χ1n) is 11.1. The van der Waals surface area contributed by atoms with Gasteiger partial charge in [0.15, 0.2) is 0 Å². The summed E-state index contributed by atoms with van der Waals surface area (Å²) in [6.07, 6.45) is 2.84. The van der Waals surface area contributed by atoms with Crippen LogP contribution in [0.5, 0.6) is 0 Å². The summed E-state index contributed by atoms with van der Waals surface area (Å²) in [7, 11) is 2.21. The second-order valence-corrected chi connectivity index (χ2v) is 9.17. The summed E-state index contributed by atoms with van der Waals surface area (Å²) < 4.78 is 26.3. The molecule has 1 aromatic rings. The number of hydrogen-bond donors (Lipinski definition) is 1. The summed E-state index contributed by atoms with van der Waals surface area (Å²) >= 11 is 0. The number of allylic oxidation sites excluding steroid dienone is 1. The minimum absolute atomic E-state index is 0.0211. The first-order valence-corrected chi connectivity index (χ1v) is 11.1. The SMILES string of the molecule is COC(=O)C1(O)C(OC(C)=O)CCC2C3(CC(c4ccoc4)OC3=O)C(C)=CCC21C(=O)OC. The van der Waals surface area contributed by atoms with E-state index in [1.165, 1.54) is 12.5 Å². The molecule has 6 atom stereocenters. The molecule has 10 nitrogen and oxygen atoms in total. The van der Waals surface area contributed by atoms with E-state index in [0.717, 1.165) is 21.1 Å². The Balaban J connectivity index is 1.93. The van der Waals surface area contributed by atoms with Crippen molar-refractivity contribution in [3.63, 3.8) is 0 Å². The van der Waals surface area contributed by atoms with Crippen LogP contribution in [0.2, 0.25) is 0 Å². The van der Waals surface area contributed by atoms with Crippen molar-refractivity contribution in [2.24, 2.45) is 16.7 Å². The number of methoxy groups -OCH3 is 2. The Morgan fingerprint density at radius 1 is 1.15 bits per heavy atom. The van der Waals surface area contributed by atoms with Gasteiger partial charge < -0.3 is 28.5 Å². The van der Waals surface area contributed by atoms with Crippen LogP contribution < -0.4 is 0 Å². The minimum Gasteiger partial charge on any atom is -0.472 e. The molecule has 2 fully saturated rings. The van der Waals surface area contributed by atoms with Crippen molar-refractivity contribution in [3.8, 4) is 0 Å². The molecule has 1 aromatic heterocycles. The second-order valence-electron chi connectivity index (χ2n) is 9.17. The molecule has 1 aliphatic heterocycles. The molecule has 0 bridgehead atoms. The van der Waals surface area contributed by atoms with Gasteiger partial charge in [0.2, 0.25) is 5.60 Å². The predicted octanol–water partition coefficient (Wildman–Crippen LogP) is 2.01. The maximum absolute atomic E-state index is 13.6. The molecule has 1 saturated heterocycles. The van der Waals surface area contributed by atoms with Gasteiger partial charge in [-0.3, -0.25) is 14.4 Å². The number of aliphatic hydroxyl groups is 1. The highest BCUT2D eigenvalue weighted by Crippen LogP contribution is 2.67. The third kappa shape index (κ3) is 2.97. The van der Waals surface area contributed by atoms with E-state index in [2.05, 4.69) is 0 Å². The first-order chi connectivity index (χ1) is 16.1. The van der Waals surface area contributed by atoms with E-state index in [0.29, 0.717) is 11.1 Å². The largest absolute Gasteiger partial charge is 0.472 e. The number of hydrogen-bond acceptors (Lipinski definition) is 10. The Hall–Kier alpha value is -3.14. The van der Waals surface area contributed by atoms with E-state index in [9.17, 15) is 24.3 Å². The Labute approximate surface area is 196 Å². The van der Waals surface area contributed by atoms with E-state index in [-0.39, 0.29) is 25.7 Å². The third-order valence-corrected chi connectivity index (χ3v) is 7.88. The van der Waals surface area contributed by atoms with Crippen molar-refractivity contribution in [3.05, 3.63) is 35.8 Å². The van der Waals surface area contributed by atoms with Crippen molar-refractivity contribution < 1.29 is 47.6 Å². The van der Waals surface area contributed by atoms with Gasteiger partial charge in [0.25, 0.3) is 0 Å². The van der Waals surface area contributed by atoms with Crippen LogP contribution in [0.1, 0.15) is 51.2 Å². The number of cyclic esters (lactones) is 1. The van der Waals surface area contributed by atoms with E-state index < -0.39 is 58.4 Å². The fourth-order valence-corrected chi connectivity index (χ4v) is 6.34. The van der Waals surface area contributed by atoms with Gasteiger partial charge in [0, 0.05) is 18.9 Å². The Bertz CT molecular complexity index is 1040. The summed E-state index contributed by atoms with van der Waals surface area (Å²) in [5.74, 6) is -4.23. The normalized spacial score (nSPS) is 36.8. The summed E-state index contributed by atoms with van der Waals surface area (Å²) in [4.78, 5) is 52.1. The highest BCUT2D eigenvalue weighted by molar-refractivity contribution is 5.95. The van der Waals surface area contributed by atoms with Gasteiger partial charge in [-0.2, -0.15) is 0 Å². The second kappa shape index (κ2) is 8.26. The molecule has 1 saturated carbocycles. The van der Waals surface area contributed by atoms with Crippen LogP contribution in [0.4, 0.5) is 0 Å². The smallest absolute Gasteiger partial charge is 0.343 e. The molecular formula is C24H28O10. The zero-order chi connectivity index (χ0) is 24.9. The van der Waals surface area contributed by atoms with Crippen LogP contribution in [0.25, 0.3) is 0 Å². The van der Waals surface area contributed by atoms with Gasteiger partial charge in [-0.15, -0.1) is 0 Å². The Kier molecular flexibility index (Phi) is 5.83. The number of rotatable bonds is 4. The first kappa shape index (κ1) is 24.0. The number of carbonyl (C=O) groups is 4. The van der Waals surface area contributed by atoms with Crippen molar-refractivity contribution in [1.29, 1.82) is 0 Å². The molecule has 3 aliphatic rings. The maximum atomic E-state index is 13.6. The molecule has 0 amide bonds. The van der Waals surface area contributed by atoms with Crippen LogP contribution in [0.15, 0.2) is 34.7 Å². The lowest BCUT2D eigenvalue weighted by Gasteiger charge is -2.58. The number of fused-ring (bicyclic) bond motifs is 2. The van der Waals surface area contributed by atoms with Crippen molar-refractivity contribution in [2.45, 2.75) is 57.3 Å². The Morgan fingerprint density at radius 2 is 1.85 bits per heavy atom. The lowest BCUT2D eigenvalue weighted by molar-refractivity contribution is -0.247. The summed E-state index contributed by atoms with van der Waals surface area (Å²) in [6.45, 7) is 2.92. The molecule has 2 aliphatic carbocycles. The summed E-state index contributed by atoms with van der Waals surface area (Å²) in [6, 6.07) is 1.69. The minimum atomic E-state index is -2.60. The fraction of sp³-hybridized carbons (Fsp3) is 0.583. The van der Waals surface area contributed by atoms with E-state index >= 15 is 0 Å². The summed E-state index contributed by atoms with van der Waals surface area (Å²) in [5.41, 5.74) is -4.55. The molecule has 184 valence electrons. The zero-order valence-corrected chi connectivity index (χ0v) is 19.5. The molecule has 34 heavy (non-hydrogen) atoms. The lowest BCUT2D eigenvalue weighted by atomic mass is 9.44. The Morgan fingerprint density at radius 3 is 2.44 bits per heavy atom. The number of carbonyl (C=O) groups excluding carboxylic acids is 4. The predicted molar refractivity (Wildman–Crippen MR) is 113 cm³/mol. The number of ether oxygens (including phenoxy) is 4. The topological polar surface area (TPSA) is 139 Å². The van der Waals surface area contributed by atoms with Gasteiger partial charge in [-0.25, -0.2) is 4.79 Å². The van der Waals surface area contributed by atoms with Crippen LogP contribution in [0.3, 0.4) is 0 Å². The lowest BCUT2D eigenvalue weighted by Crippen LogP contribution is -2.73. The van der Waals surface area contributed by atoms with Gasteiger partial charge >= 0.3 is 23.9 Å². The molecule has 0 radical (unpaired) electrons. The average molecular weight is 476 g/mol. The van der Waals surface area contributed by atoms with Crippen molar-refractivity contribution in [2.75, 3.05) is 14.2 Å². The standard InChI is InChI=1S/C24H28O10/c1-13-7-9-23(20(27)30-3)17(5-6-18(33-14(2)25)24(23,29)21(28)31-4)22(13)11-16(34-19(22)26)15-8-10-32-12-15/h7-8,10,12,16-18,29H,5-6,9,11H2,1-4H3. The number of esters is 4. The van der Waals surface area contributed by atoms with Gasteiger partial charge in [-0.1, -0.05) is 11.6 Å². The highest BCUT2D eigenvalue weighted by atomic mass is 16.6. The summed E-state index contributed by atoms with van der Waals surface area (Å²) in [5, 5.41) is 12.0. The van der Waals surface area contributed by atoms with Crippen molar-refractivity contribution in [1.82, 2.24) is 0 Å². The van der Waals surface area contributed by atoms with Gasteiger partial charge in [0.05, 0.1) is 32.2 Å². The fourth-order valence-electron chi connectivity index (χ4n) is 6.34. The monoisotopic (exact) mass is 476 g/mol. The molecule has 6 unspecified atom stereocenters. The molecule has 0 aromatic carbocycles. The molecule has 1 N–H and O–H groups in total. The van der Waals surface area contributed by atoms with E-state index in [4.69, 9.17) is 23.4 Å². The third-order valence-electron chi connectivity index (χ3n) is 7.88.